The Morgan fingerprint density at radius 3 is 2.76 bits per heavy atom. The number of hydrogen-bond donors (Lipinski definition) is 6. The van der Waals surface area contributed by atoms with E-state index < -0.39 is 36.4 Å². The molecule has 1 fully saturated rings. The summed E-state index contributed by atoms with van der Waals surface area (Å²) in [5, 5.41) is 41.6. The molecule has 204 valence electrons. The van der Waals surface area contributed by atoms with Gasteiger partial charge in [0.15, 0.2) is 11.9 Å². The topological polar surface area (TPSA) is 174 Å². The van der Waals surface area contributed by atoms with Crippen molar-refractivity contribution in [3.05, 3.63) is 35.9 Å². The highest BCUT2D eigenvalue weighted by molar-refractivity contribution is 5.90. The molecule has 0 saturated carbocycles. The summed E-state index contributed by atoms with van der Waals surface area (Å²) < 4.78 is 5.16. The number of ether oxygens (including phenoxy) is 1. The summed E-state index contributed by atoms with van der Waals surface area (Å²) >= 11 is 0. The second-order valence-corrected chi connectivity index (χ2v) is 9.70. The number of nitrogens with one attached hydrogen (secondary N) is 2. The van der Waals surface area contributed by atoms with E-state index in [-0.39, 0.29) is 11.8 Å². The monoisotopic (exact) mass is 517 g/mol. The van der Waals surface area contributed by atoms with E-state index in [1.807, 2.05) is 32.0 Å². The molecule has 1 aliphatic rings. The molecule has 2 amide bonds. The molecule has 11 nitrogen and oxygen atoms in total. The quantitative estimate of drug-likeness (QED) is 0.238. The number of aromatic nitrogens is 2. The lowest BCUT2D eigenvalue weighted by Gasteiger charge is -2.29. The molecule has 0 aliphatic carbocycles. The van der Waals surface area contributed by atoms with Gasteiger partial charge < -0.3 is 36.0 Å². The molecule has 1 aromatic carbocycles. The van der Waals surface area contributed by atoms with E-state index in [1.54, 1.807) is 11.0 Å². The molecule has 1 aliphatic heterocycles. The maximum Gasteiger partial charge on any atom is 0.252 e. The Hall–Kier alpha value is -2.99. The van der Waals surface area contributed by atoms with Crippen molar-refractivity contribution < 1.29 is 29.6 Å². The Bertz CT molecular complexity index is 1090. The van der Waals surface area contributed by atoms with Crippen LogP contribution < -0.4 is 11.1 Å². The van der Waals surface area contributed by atoms with Gasteiger partial charge in [-0.25, -0.2) is 0 Å². The van der Waals surface area contributed by atoms with Crippen molar-refractivity contribution in [1.82, 2.24) is 20.4 Å². The molecule has 6 atom stereocenters. The average molecular weight is 518 g/mol. The number of nitrogens with two attached hydrogens (primary N) is 1. The van der Waals surface area contributed by atoms with Crippen LogP contribution in [0.25, 0.3) is 10.9 Å². The molecule has 7 N–H and O–H groups in total. The molecule has 11 heteroatoms. The largest absolute Gasteiger partial charge is 0.387 e. The lowest BCUT2D eigenvalue weighted by atomic mass is 9.99. The first-order chi connectivity index (χ1) is 17.7. The van der Waals surface area contributed by atoms with Gasteiger partial charge in [-0.15, -0.1) is 0 Å². The number of carbonyl (C=O) groups is 2. The summed E-state index contributed by atoms with van der Waals surface area (Å²) in [6.45, 7) is 4.83. The van der Waals surface area contributed by atoms with E-state index in [0.717, 1.165) is 35.7 Å². The fourth-order valence-corrected chi connectivity index (χ4v) is 4.39. The van der Waals surface area contributed by atoms with Gasteiger partial charge in [-0.1, -0.05) is 38.5 Å². The third-order valence-electron chi connectivity index (χ3n) is 6.93. The molecule has 0 spiro atoms. The molecule has 37 heavy (non-hydrogen) atoms. The number of amides is 2. The third-order valence-corrected chi connectivity index (χ3v) is 6.93. The number of aliphatic hydroxyl groups excluding tert-OH is 3. The Morgan fingerprint density at radius 1 is 1.30 bits per heavy atom. The fourth-order valence-electron chi connectivity index (χ4n) is 4.39. The van der Waals surface area contributed by atoms with Gasteiger partial charge >= 0.3 is 0 Å². The predicted octanol–water partition coefficient (Wildman–Crippen LogP) is 0.842. The number of rotatable bonds is 11. The molecule has 1 unspecified atom stereocenters. The second kappa shape index (κ2) is 13.0. The van der Waals surface area contributed by atoms with Crippen molar-refractivity contribution in [2.45, 2.75) is 76.5 Å². The van der Waals surface area contributed by atoms with Crippen LogP contribution in [0.15, 0.2) is 30.4 Å². The Labute approximate surface area is 216 Å². The van der Waals surface area contributed by atoms with Gasteiger partial charge in [-0.05, 0) is 42.9 Å². The standard InChI is InChI=1S/C26H39N5O6/c1-4-15(2)8-11-20(32)21(33)22(34)23(37-3)25(35)28-18-7-5-6-12-31(26(18)36)14-16-9-10-17-19(13-16)29-30-24(17)27/h8-11,13,15,18,20-23,32-34H,4-7,12,14H2,1-3H3,(H,28,35)(H3,27,29,30)/t15?,18-,20+,21-,22+,23+/m0/s1. The van der Waals surface area contributed by atoms with E-state index in [9.17, 15) is 24.9 Å². The van der Waals surface area contributed by atoms with Gasteiger partial charge in [0.2, 0.25) is 5.91 Å². The molecule has 2 aromatic rings. The Balaban J connectivity index is 1.66. The SMILES string of the molecule is CCC(C)C=C[C@@H](O)[C@H](O)[C@@H](O)[C@@H](OC)C(=O)N[C@H]1CCCCN(Cc2ccc3c(N)n[nH]c3c2)C1=O. The van der Waals surface area contributed by atoms with Crippen LogP contribution in [0.5, 0.6) is 0 Å². The maximum absolute atomic E-state index is 13.3. The first-order valence-corrected chi connectivity index (χ1v) is 12.7. The normalized spacial score (nSPS) is 21.0. The van der Waals surface area contributed by atoms with Crippen molar-refractivity contribution in [2.24, 2.45) is 5.92 Å². The smallest absolute Gasteiger partial charge is 0.252 e. The van der Waals surface area contributed by atoms with Crippen LogP contribution in [0.2, 0.25) is 0 Å². The third kappa shape index (κ3) is 7.07. The van der Waals surface area contributed by atoms with E-state index >= 15 is 0 Å². The molecule has 0 radical (unpaired) electrons. The predicted molar refractivity (Wildman–Crippen MR) is 139 cm³/mol. The number of H-pyrrole nitrogens is 1. The van der Waals surface area contributed by atoms with Crippen molar-refractivity contribution in [3.63, 3.8) is 0 Å². The minimum Gasteiger partial charge on any atom is -0.387 e. The summed E-state index contributed by atoms with van der Waals surface area (Å²) in [6, 6.07) is 4.83. The average Bonchev–Trinajstić information content (AvgIpc) is 3.18. The van der Waals surface area contributed by atoms with Crippen LogP contribution in [-0.2, 0) is 20.9 Å². The van der Waals surface area contributed by atoms with Gasteiger partial charge in [-0.3, -0.25) is 14.7 Å². The number of nitrogens with zero attached hydrogens (tertiary/aromatic N) is 2. The number of methoxy groups -OCH3 is 1. The van der Waals surface area contributed by atoms with Crippen LogP contribution in [0, 0.1) is 5.92 Å². The number of nitrogen functional groups attached to an aromatic ring is 1. The zero-order chi connectivity index (χ0) is 27.1. The highest BCUT2D eigenvalue weighted by atomic mass is 16.5. The molecule has 0 bridgehead atoms. The van der Waals surface area contributed by atoms with E-state index in [1.165, 1.54) is 13.2 Å². The Morgan fingerprint density at radius 2 is 2.05 bits per heavy atom. The van der Waals surface area contributed by atoms with E-state index in [0.29, 0.717) is 25.3 Å². The van der Waals surface area contributed by atoms with Crippen LogP contribution in [0.3, 0.4) is 0 Å². The number of aromatic amines is 1. The van der Waals surface area contributed by atoms with Gasteiger partial charge in [-0.2, -0.15) is 5.10 Å². The van der Waals surface area contributed by atoms with Gasteiger partial charge in [0.25, 0.3) is 5.91 Å². The van der Waals surface area contributed by atoms with Gasteiger partial charge in [0.05, 0.1) is 5.52 Å². The summed E-state index contributed by atoms with van der Waals surface area (Å²) in [5.41, 5.74) is 7.50. The number of anilines is 1. The van der Waals surface area contributed by atoms with Crippen molar-refractivity contribution in [1.29, 1.82) is 0 Å². The number of carbonyl (C=O) groups excluding carboxylic acids is 2. The Kier molecular flexibility index (Phi) is 10.0. The minimum absolute atomic E-state index is 0.184. The highest BCUT2D eigenvalue weighted by Crippen LogP contribution is 2.22. The first kappa shape index (κ1) is 28.6. The van der Waals surface area contributed by atoms with Crippen molar-refractivity contribution >= 4 is 28.5 Å². The van der Waals surface area contributed by atoms with Crippen LogP contribution in [0.4, 0.5) is 5.82 Å². The molecule has 1 saturated heterocycles. The minimum atomic E-state index is -1.70. The summed E-state index contributed by atoms with van der Waals surface area (Å²) in [5.74, 6) is -0.378. The van der Waals surface area contributed by atoms with Crippen LogP contribution >= 0.6 is 0 Å². The second-order valence-electron chi connectivity index (χ2n) is 9.70. The molecule has 2 heterocycles. The summed E-state index contributed by atoms with van der Waals surface area (Å²) in [6.07, 6.45) is -0.278. The van der Waals surface area contributed by atoms with Gasteiger partial charge in [0.1, 0.15) is 24.4 Å². The van der Waals surface area contributed by atoms with Gasteiger partial charge in [0, 0.05) is 25.6 Å². The number of fused-ring (bicyclic) bond motifs is 1. The zero-order valence-electron chi connectivity index (χ0n) is 21.6. The number of hydrogen-bond acceptors (Lipinski definition) is 8. The maximum atomic E-state index is 13.3. The van der Waals surface area contributed by atoms with Crippen molar-refractivity contribution in [3.8, 4) is 0 Å². The summed E-state index contributed by atoms with van der Waals surface area (Å²) in [7, 11) is 1.22. The number of benzene rings is 1. The first-order valence-electron chi connectivity index (χ1n) is 12.7. The lowest BCUT2D eigenvalue weighted by Crippen LogP contribution is -2.55. The van der Waals surface area contributed by atoms with Crippen LogP contribution in [0.1, 0.15) is 45.1 Å². The summed E-state index contributed by atoms with van der Waals surface area (Å²) in [4.78, 5) is 28.0. The van der Waals surface area contributed by atoms with Crippen LogP contribution in [-0.4, -0.2) is 86.3 Å². The molecular formula is C26H39N5O6. The molecule has 1 aromatic heterocycles. The van der Waals surface area contributed by atoms with E-state index in [2.05, 4.69) is 15.5 Å². The van der Waals surface area contributed by atoms with E-state index in [4.69, 9.17) is 10.5 Å². The highest BCUT2D eigenvalue weighted by Gasteiger charge is 2.37. The number of allylic oxidation sites excluding steroid dienone is 1. The van der Waals surface area contributed by atoms with Crippen molar-refractivity contribution in [2.75, 3.05) is 19.4 Å². The fraction of sp³-hybridized carbons (Fsp3) is 0.577. The lowest BCUT2D eigenvalue weighted by molar-refractivity contribution is -0.151. The number of likely N-dealkylation sites (tertiary alicyclic amines) is 1. The zero-order valence-corrected chi connectivity index (χ0v) is 21.6. The number of aliphatic hydroxyl groups is 3. The molecule has 3 rings (SSSR count). The molecular weight excluding hydrogens is 478 g/mol.